The number of aromatic nitrogens is 5. The highest BCUT2D eigenvalue weighted by molar-refractivity contribution is 7.77. The second-order valence-corrected chi connectivity index (χ2v) is 9.07. The molecule has 5 rings (SSSR count). The van der Waals surface area contributed by atoms with Crippen molar-refractivity contribution in [1.82, 2.24) is 29.6 Å². The first kappa shape index (κ1) is 21.7. The van der Waals surface area contributed by atoms with Gasteiger partial charge in [-0.2, -0.15) is 0 Å². The number of ether oxygens (including phenoxy) is 1. The normalized spacial score (nSPS) is 15.1. The first-order chi connectivity index (χ1) is 16.1. The molecule has 0 aliphatic carbocycles. The smallest absolute Gasteiger partial charge is 0.232 e. The maximum Gasteiger partial charge on any atom is 0.232 e. The number of anilines is 2. The molecule has 1 fully saturated rings. The third-order valence-electron chi connectivity index (χ3n) is 5.08. The van der Waals surface area contributed by atoms with Gasteiger partial charge in [0, 0.05) is 42.1 Å². The Labute approximate surface area is 195 Å². The minimum atomic E-state index is -2.08. The second kappa shape index (κ2) is 9.41. The summed E-state index contributed by atoms with van der Waals surface area (Å²) < 4.78 is 28.6. The van der Waals surface area contributed by atoms with Crippen LogP contribution in [-0.4, -0.2) is 60.0 Å². The Hall–Kier alpha value is -3.10. The number of rotatable bonds is 6. The molecule has 0 aromatic carbocycles. The lowest BCUT2D eigenvalue weighted by Crippen LogP contribution is -2.36. The maximum atomic E-state index is 10.8. The van der Waals surface area contributed by atoms with Crippen LogP contribution in [-0.2, 0) is 22.5 Å². The van der Waals surface area contributed by atoms with Crippen LogP contribution in [0.15, 0.2) is 36.8 Å². The molecule has 1 atom stereocenters. The van der Waals surface area contributed by atoms with E-state index in [0.29, 0.717) is 30.3 Å². The topological polar surface area (TPSA) is 152 Å². The lowest BCUT2D eigenvalue weighted by atomic mass is 10.2. The average Bonchev–Trinajstić information content (AvgIpc) is 3.28. The van der Waals surface area contributed by atoms with E-state index in [2.05, 4.69) is 24.6 Å². The van der Waals surface area contributed by atoms with E-state index in [9.17, 15) is 4.21 Å². The average molecular weight is 485 g/mol. The van der Waals surface area contributed by atoms with Crippen LogP contribution >= 0.6 is 11.3 Å². The Morgan fingerprint density at radius 1 is 1.12 bits per heavy atom. The van der Waals surface area contributed by atoms with Crippen molar-refractivity contribution < 1.29 is 13.5 Å². The van der Waals surface area contributed by atoms with Crippen molar-refractivity contribution in [2.24, 2.45) is 0 Å². The molecule has 0 radical (unpaired) electrons. The van der Waals surface area contributed by atoms with E-state index in [0.717, 1.165) is 39.6 Å². The van der Waals surface area contributed by atoms with E-state index in [1.165, 1.54) is 0 Å². The highest BCUT2D eigenvalue weighted by Crippen LogP contribution is 2.38. The highest BCUT2D eigenvalue weighted by atomic mass is 32.2. The summed E-state index contributed by atoms with van der Waals surface area (Å²) in [5, 5.41) is 0. The van der Waals surface area contributed by atoms with Gasteiger partial charge in [-0.25, -0.2) is 28.9 Å². The quantitative estimate of drug-likeness (QED) is 0.346. The zero-order valence-electron chi connectivity index (χ0n) is 17.3. The SMILES string of the molecule is Nc1ncc(-c2nc(N3CCOCC3)c3sc(-c4ccc(CNS(=O)O)nc4)cc3n2)cn1. The molecule has 170 valence electrons. The van der Waals surface area contributed by atoms with Crippen LogP contribution in [0.4, 0.5) is 11.8 Å². The number of nitrogens with one attached hydrogen (secondary N) is 1. The molecule has 13 heteroatoms. The Morgan fingerprint density at radius 3 is 2.58 bits per heavy atom. The molecule has 4 aromatic heterocycles. The van der Waals surface area contributed by atoms with Crippen molar-refractivity contribution in [2.75, 3.05) is 36.9 Å². The van der Waals surface area contributed by atoms with Crippen molar-refractivity contribution in [3.8, 4) is 21.8 Å². The first-order valence-corrected chi connectivity index (χ1v) is 12.0. The molecule has 1 saturated heterocycles. The minimum absolute atomic E-state index is 0.197. The van der Waals surface area contributed by atoms with Crippen molar-refractivity contribution in [1.29, 1.82) is 0 Å². The number of hydrogen-bond donors (Lipinski definition) is 3. The zero-order chi connectivity index (χ0) is 22.8. The standard InChI is InChI=1S/C20H20N8O3S2/c21-20-23-9-13(10-24-20)18-26-15-7-16(12-1-2-14(22-8-12)11-25-33(29)30)32-17(15)19(27-18)28-3-5-31-6-4-28/h1-2,7-10,25H,3-6,11H2,(H,29,30)(H2,21,23,24). The van der Waals surface area contributed by atoms with Gasteiger partial charge in [0.2, 0.25) is 17.2 Å². The summed E-state index contributed by atoms with van der Waals surface area (Å²) in [7, 11) is 0. The molecule has 33 heavy (non-hydrogen) atoms. The van der Waals surface area contributed by atoms with Crippen LogP contribution in [0, 0.1) is 0 Å². The van der Waals surface area contributed by atoms with Gasteiger partial charge in [0.1, 0.15) is 0 Å². The van der Waals surface area contributed by atoms with Gasteiger partial charge in [0.15, 0.2) is 11.6 Å². The lowest BCUT2D eigenvalue weighted by molar-refractivity contribution is 0.122. The number of nitrogens with two attached hydrogens (primary N) is 1. The fourth-order valence-corrected chi connectivity index (χ4v) is 4.82. The monoisotopic (exact) mass is 484 g/mol. The summed E-state index contributed by atoms with van der Waals surface area (Å²) in [6, 6.07) is 5.78. The van der Waals surface area contributed by atoms with Crippen molar-refractivity contribution in [2.45, 2.75) is 6.54 Å². The predicted octanol–water partition coefficient (Wildman–Crippen LogP) is 1.86. The van der Waals surface area contributed by atoms with Gasteiger partial charge in [-0.1, -0.05) is 6.07 Å². The van der Waals surface area contributed by atoms with Crippen molar-refractivity contribution in [3.63, 3.8) is 0 Å². The van der Waals surface area contributed by atoms with E-state index >= 15 is 0 Å². The van der Waals surface area contributed by atoms with Crippen LogP contribution in [0.5, 0.6) is 0 Å². The number of nitrogens with zero attached hydrogens (tertiary/aromatic N) is 6. The van der Waals surface area contributed by atoms with Crippen LogP contribution in [0.25, 0.3) is 32.0 Å². The number of nitrogen functional groups attached to an aromatic ring is 1. The highest BCUT2D eigenvalue weighted by Gasteiger charge is 2.21. The number of pyridine rings is 1. The first-order valence-electron chi connectivity index (χ1n) is 10.1. The van der Waals surface area contributed by atoms with Gasteiger partial charge in [-0.05, 0) is 12.1 Å². The van der Waals surface area contributed by atoms with E-state index in [1.54, 1.807) is 29.9 Å². The second-order valence-electron chi connectivity index (χ2n) is 7.23. The van der Waals surface area contributed by atoms with E-state index in [1.807, 2.05) is 18.2 Å². The summed E-state index contributed by atoms with van der Waals surface area (Å²) in [6.45, 7) is 2.97. The largest absolute Gasteiger partial charge is 0.378 e. The minimum Gasteiger partial charge on any atom is -0.378 e. The van der Waals surface area contributed by atoms with Gasteiger partial charge in [-0.3, -0.25) is 9.54 Å². The van der Waals surface area contributed by atoms with E-state index in [4.69, 9.17) is 25.0 Å². The summed E-state index contributed by atoms with van der Waals surface area (Å²) in [6.07, 6.45) is 4.99. The molecule has 0 spiro atoms. The Bertz CT molecular complexity index is 1290. The molecule has 5 heterocycles. The summed E-state index contributed by atoms with van der Waals surface area (Å²) >= 11 is -0.477. The maximum absolute atomic E-state index is 10.8. The molecule has 0 bridgehead atoms. The third-order valence-corrected chi connectivity index (χ3v) is 6.64. The van der Waals surface area contributed by atoms with Gasteiger partial charge < -0.3 is 15.4 Å². The van der Waals surface area contributed by atoms with Crippen LogP contribution < -0.4 is 15.4 Å². The summed E-state index contributed by atoms with van der Waals surface area (Å²) in [5.74, 6) is 1.58. The van der Waals surface area contributed by atoms with Crippen LogP contribution in [0.1, 0.15) is 5.69 Å². The molecule has 11 nitrogen and oxygen atoms in total. The number of thiophene rings is 1. The van der Waals surface area contributed by atoms with Crippen LogP contribution in [0.3, 0.4) is 0 Å². The number of fused-ring (bicyclic) bond motifs is 1. The molecule has 4 N–H and O–H groups in total. The van der Waals surface area contributed by atoms with Crippen molar-refractivity contribution in [3.05, 3.63) is 42.5 Å². The Balaban J connectivity index is 1.55. The molecule has 1 unspecified atom stereocenters. The van der Waals surface area contributed by atoms with E-state index in [-0.39, 0.29) is 12.5 Å². The summed E-state index contributed by atoms with van der Waals surface area (Å²) in [5.41, 5.74) is 8.74. The molecule has 1 aliphatic heterocycles. The van der Waals surface area contributed by atoms with Crippen LogP contribution in [0.2, 0.25) is 0 Å². The fraction of sp³-hybridized carbons (Fsp3) is 0.250. The predicted molar refractivity (Wildman–Crippen MR) is 127 cm³/mol. The molecule has 0 saturated carbocycles. The van der Waals surface area contributed by atoms with Gasteiger partial charge in [-0.15, -0.1) is 11.3 Å². The van der Waals surface area contributed by atoms with Crippen molar-refractivity contribution >= 4 is 44.6 Å². The van der Waals surface area contributed by atoms with Gasteiger partial charge >= 0.3 is 0 Å². The lowest BCUT2D eigenvalue weighted by Gasteiger charge is -2.28. The molecular formula is C20H20N8O3S2. The van der Waals surface area contributed by atoms with Gasteiger partial charge in [0.25, 0.3) is 0 Å². The van der Waals surface area contributed by atoms with E-state index < -0.39 is 11.3 Å². The zero-order valence-corrected chi connectivity index (χ0v) is 19.0. The fourth-order valence-electron chi connectivity index (χ4n) is 3.44. The number of morpholine rings is 1. The Morgan fingerprint density at radius 2 is 1.88 bits per heavy atom. The number of hydrogen-bond acceptors (Lipinski definition) is 10. The molecule has 1 aliphatic rings. The summed E-state index contributed by atoms with van der Waals surface area (Å²) in [4.78, 5) is 25.4. The molecular weight excluding hydrogens is 464 g/mol. The Kier molecular flexibility index (Phi) is 6.20. The molecule has 0 amide bonds. The third kappa shape index (κ3) is 4.82. The molecule has 4 aromatic rings. The van der Waals surface area contributed by atoms with Gasteiger partial charge in [0.05, 0.1) is 41.2 Å².